The van der Waals surface area contributed by atoms with Crippen molar-refractivity contribution >= 4 is 23.5 Å². The minimum Gasteiger partial charge on any atom is -0.469 e. The molecule has 0 aliphatic rings. The first-order valence-corrected chi connectivity index (χ1v) is 7.65. The number of rotatable bonds is 4. The Hall–Kier alpha value is -3.29. The molecule has 1 atom stereocenters. The Kier molecular flexibility index (Phi) is 5.78. The second kappa shape index (κ2) is 8.00. The summed E-state index contributed by atoms with van der Waals surface area (Å²) < 4.78 is 5.03. The molecule has 0 radical (unpaired) electrons. The fourth-order valence-electron chi connectivity index (χ4n) is 2.21. The highest BCUT2D eigenvalue weighted by Crippen LogP contribution is 2.17. The Balaban J connectivity index is 1.88. The minimum absolute atomic E-state index is 0.173. The van der Waals surface area contributed by atoms with Crippen molar-refractivity contribution in [3.8, 4) is 0 Å². The minimum atomic E-state index is -0.563. The summed E-state index contributed by atoms with van der Waals surface area (Å²) in [6.45, 7) is 4.86. The van der Waals surface area contributed by atoms with Crippen LogP contribution in [-0.4, -0.2) is 17.8 Å². The molecule has 25 heavy (non-hydrogen) atoms. The fourth-order valence-corrected chi connectivity index (χ4v) is 2.21. The van der Waals surface area contributed by atoms with Gasteiger partial charge >= 0.3 is 6.03 Å². The topological polar surface area (TPSA) is 112 Å². The van der Waals surface area contributed by atoms with Gasteiger partial charge in [-0.15, -0.1) is 0 Å². The summed E-state index contributed by atoms with van der Waals surface area (Å²) in [5.41, 5.74) is 6.38. The molecule has 0 unspecified atom stereocenters. The van der Waals surface area contributed by atoms with Crippen LogP contribution in [0, 0.1) is 6.92 Å². The molecule has 0 saturated heterocycles. The maximum atomic E-state index is 11.9. The van der Waals surface area contributed by atoms with Gasteiger partial charge in [-0.1, -0.05) is 12.1 Å². The lowest BCUT2D eigenvalue weighted by atomic mass is 10.1. The number of carbonyl (C=O) groups excluding carboxylic acids is 3. The molecule has 0 spiro atoms. The zero-order valence-electron chi connectivity index (χ0n) is 14.2. The number of benzene rings is 1. The van der Waals surface area contributed by atoms with E-state index >= 15 is 0 Å². The number of aryl methyl sites for hydroxylation is 1. The van der Waals surface area contributed by atoms with Gasteiger partial charge in [0.2, 0.25) is 5.91 Å². The van der Waals surface area contributed by atoms with Crippen LogP contribution in [0.5, 0.6) is 0 Å². The summed E-state index contributed by atoms with van der Waals surface area (Å²) >= 11 is 0. The molecule has 0 saturated carbocycles. The number of nitrogens with one attached hydrogen (secondary N) is 4. The van der Waals surface area contributed by atoms with Crippen molar-refractivity contribution in [2.24, 2.45) is 0 Å². The van der Waals surface area contributed by atoms with E-state index in [0.29, 0.717) is 17.0 Å². The van der Waals surface area contributed by atoms with Crippen LogP contribution in [0.4, 0.5) is 10.5 Å². The quantitative estimate of drug-likeness (QED) is 0.637. The van der Waals surface area contributed by atoms with Gasteiger partial charge < -0.3 is 15.1 Å². The molecule has 4 amide bonds. The lowest BCUT2D eigenvalue weighted by Gasteiger charge is -2.16. The smallest absolute Gasteiger partial charge is 0.333 e. The standard InChI is InChI=1S/C17H20N4O4/c1-10(13-5-4-6-14(9-13)19-12(3)22)18-17(24)21-20-16(23)15-7-8-25-11(15)2/h4-10H,1-3H3,(H,19,22)(H,20,23)(H2,18,21,24)/t10-/m0/s1. The van der Waals surface area contributed by atoms with Crippen molar-refractivity contribution < 1.29 is 18.8 Å². The molecule has 0 fully saturated rings. The maximum absolute atomic E-state index is 11.9. The van der Waals surface area contributed by atoms with Crippen molar-refractivity contribution in [3.05, 3.63) is 53.5 Å². The lowest BCUT2D eigenvalue weighted by Crippen LogP contribution is -2.47. The van der Waals surface area contributed by atoms with Gasteiger partial charge in [0.15, 0.2) is 0 Å². The van der Waals surface area contributed by atoms with E-state index in [1.165, 1.54) is 19.3 Å². The molecule has 0 bridgehead atoms. The maximum Gasteiger partial charge on any atom is 0.333 e. The molecule has 4 N–H and O–H groups in total. The summed E-state index contributed by atoms with van der Waals surface area (Å²) in [5, 5.41) is 5.37. The van der Waals surface area contributed by atoms with Gasteiger partial charge in [0.05, 0.1) is 17.9 Å². The van der Waals surface area contributed by atoms with E-state index < -0.39 is 11.9 Å². The van der Waals surface area contributed by atoms with Gasteiger partial charge in [0.1, 0.15) is 5.76 Å². The van der Waals surface area contributed by atoms with Crippen molar-refractivity contribution in [1.29, 1.82) is 0 Å². The Morgan fingerprint density at radius 3 is 2.52 bits per heavy atom. The van der Waals surface area contributed by atoms with E-state index in [9.17, 15) is 14.4 Å². The normalized spacial score (nSPS) is 11.3. The fraction of sp³-hybridized carbons (Fsp3) is 0.235. The number of hydrazine groups is 1. The molecule has 1 aromatic heterocycles. The monoisotopic (exact) mass is 344 g/mol. The van der Waals surface area contributed by atoms with E-state index in [1.54, 1.807) is 32.0 Å². The van der Waals surface area contributed by atoms with Crippen LogP contribution in [0.15, 0.2) is 41.0 Å². The number of carbonyl (C=O) groups is 3. The van der Waals surface area contributed by atoms with Crippen LogP contribution < -0.4 is 21.5 Å². The molecule has 1 aromatic carbocycles. The third kappa shape index (κ3) is 5.10. The average molecular weight is 344 g/mol. The van der Waals surface area contributed by atoms with Crippen LogP contribution in [0.1, 0.15) is 41.6 Å². The van der Waals surface area contributed by atoms with Crippen molar-refractivity contribution in [2.45, 2.75) is 26.8 Å². The first-order valence-electron chi connectivity index (χ1n) is 7.65. The summed E-state index contributed by atoms with van der Waals surface area (Å²) in [7, 11) is 0. The van der Waals surface area contributed by atoms with E-state index in [4.69, 9.17) is 4.42 Å². The van der Waals surface area contributed by atoms with Gasteiger partial charge in [0, 0.05) is 12.6 Å². The highest BCUT2D eigenvalue weighted by molar-refractivity contribution is 5.96. The summed E-state index contributed by atoms with van der Waals surface area (Å²) in [6.07, 6.45) is 1.40. The number of furan rings is 1. The molecule has 132 valence electrons. The van der Waals surface area contributed by atoms with Crippen LogP contribution in [0.3, 0.4) is 0 Å². The predicted molar refractivity (Wildman–Crippen MR) is 91.7 cm³/mol. The first kappa shape index (κ1) is 18.1. The van der Waals surface area contributed by atoms with Crippen molar-refractivity contribution in [3.63, 3.8) is 0 Å². The SMILES string of the molecule is CC(=O)Nc1cccc([C@H](C)NC(=O)NNC(=O)c2ccoc2C)c1. The Morgan fingerprint density at radius 1 is 1.12 bits per heavy atom. The molecule has 8 nitrogen and oxygen atoms in total. The molecule has 1 heterocycles. The van der Waals surface area contributed by atoms with E-state index in [1.807, 2.05) is 6.07 Å². The Bertz CT molecular complexity index is 784. The number of hydrogen-bond donors (Lipinski definition) is 4. The van der Waals surface area contributed by atoms with Crippen LogP contribution in [-0.2, 0) is 4.79 Å². The highest BCUT2D eigenvalue weighted by atomic mass is 16.3. The Morgan fingerprint density at radius 2 is 1.88 bits per heavy atom. The second-order valence-corrected chi connectivity index (χ2v) is 5.47. The average Bonchev–Trinajstić information content (AvgIpc) is 2.98. The number of hydrogen-bond acceptors (Lipinski definition) is 4. The zero-order chi connectivity index (χ0) is 18.4. The van der Waals surface area contributed by atoms with Crippen LogP contribution >= 0.6 is 0 Å². The molecule has 2 aromatic rings. The molecular formula is C17H20N4O4. The first-order chi connectivity index (χ1) is 11.9. The third-order valence-corrected chi connectivity index (χ3v) is 3.45. The Labute approximate surface area is 144 Å². The number of amides is 4. The highest BCUT2D eigenvalue weighted by Gasteiger charge is 2.14. The molecule has 0 aliphatic heterocycles. The summed E-state index contributed by atoms with van der Waals surface area (Å²) in [5.74, 6) is -0.183. The van der Waals surface area contributed by atoms with E-state index in [-0.39, 0.29) is 11.9 Å². The molecule has 8 heteroatoms. The van der Waals surface area contributed by atoms with Gasteiger partial charge in [-0.2, -0.15) is 0 Å². The number of urea groups is 1. The van der Waals surface area contributed by atoms with Gasteiger partial charge in [-0.05, 0) is 37.6 Å². The van der Waals surface area contributed by atoms with Gasteiger partial charge in [-0.25, -0.2) is 10.2 Å². The van der Waals surface area contributed by atoms with Crippen LogP contribution in [0.25, 0.3) is 0 Å². The lowest BCUT2D eigenvalue weighted by molar-refractivity contribution is -0.114. The zero-order valence-corrected chi connectivity index (χ0v) is 14.2. The van der Waals surface area contributed by atoms with E-state index in [2.05, 4.69) is 21.5 Å². The third-order valence-electron chi connectivity index (χ3n) is 3.45. The summed E-state index contributed by atoms with van der Waals surface area (Å²) in [4.78, 5) is 34.9. The second-order valence-electron chi connectivity index (χ2n) is 5.47. The molecule has 2 rings (SSSR count). The van der Waals surface area contributed by atoms with Crippen molar-refractivity contribution in [1.82, 2.24) is 16.2 Å². The van der Waals surface area contributed by atoms with Gasteiger partial charge in [0.25, 0.3) is 5.91 Å². The van der Waals surface area contributed by atoms with E-state index in [0.717, 1.165) is 5.56 Å². The van der Waals surface area contributed by atoms with Crippen LogP contribution in [0.2, 0.25) is 0 Å². The van der Waals surface area contributed by atoms with Crippen molar-refractivity contribution in [2.75, 3.05) is 5.32 Å². The van der Waals surface area contributed by atoms with Gasteiger partial charge in [-0.3, -0.25) is 15.0 Å². The molecular weight excluding hydrogens is 324 g/mol. The number of anilines is 1. The molecule has 0 aliphatic carbocycles. The summed E-state index contributed by atoms with van der Waals surface area (Å²) in [6, 6.07) is 7.74. The predicted octanol–water partition coefficient (Wildman–Crippen LogP) is 2.25. The largest absolute Gasteiger partial charge is 0.469 e.